The normalized spacial score (nSPS) is 11.2. The highest BCUT2D eigenvalue weighted by Crippen LogP contribution is 2.27. The van der Waals surface area contributed by atoms with Crippen molar-refractivity contribution in [1.29, 1.82) is 0 Å². The van der Waals surface area contributed by atoms with Crippen molar-refractivity contribution >= 4 is 61.3 Å². The molecule has 0 atom stereocenters. The fourth-order valence-corrected chi connectivity index (χ4v) is 4.27. The first kappa shape index (κ1) is 20.6. The van der Waals surface area contributed by atoms with Gasteiger partial charge in [0.2, 0.25) is 10.0 Å². The second-order valence-corrected chi connectivity index (χ2v) is 9.66. The van der Waals surface area contributed by atoms with Crippen LogP contribution in [0.2, 0.25) is 10.0 Å². The molecule has 3 aromatic rings. The molecule has 0 radical (unpaired) electrons. The molecule has 1 amide bonds. The van der Waals surface area contributed by atoms with Crippen molar-refractivity contribution in [3.63, 3.8) is 0 Å². The maximum absolute atomic E-state index is 12.4. The first-order valence-electron chi connectivity index (χ1n) is 7.97. The topological polar surface area (TPSA) is 88.2 Å². The third-order valence-electron chi connectivity index (χ3n) is 3.58. The number of nitrogens with one attached hydrogen (secondary N) is 2. The lowest BCUT2D eigenvalue weighted by atomic mass is 10.1. The minimum atomic E-state index is -3.42. The Bertz CT molecular complexity index is 1130. The Kier molecular flexibility index (Phi) is 6.24. The molecule has 10 heteroatoms. The van der Waals surface area contributed by atoms with E-state index >= 15 is 0 Å². The first-order chi connectivity index (χ1) is 13.2. The van der Waals surface area contributed by atoms with Gasteiger partial charge in [-0.15, -0.1) is 11.3 Å². The zero-order valence-electron chi connectivity index (χ0n) is 14.6. The molecule has 0 bridgehead atoms. The summed E-state index contributed by atoms with van der Waals surface area (Å²) in [7, 11) is -3.42. The standard InChI is InChI=1S/C18H15Cl2N3O3S2/c1-28(25,26)23-14-4-2-3-12(7-14)17(24)22-18-21-10-15(27-18)8-11-5-6-13(19)9-16(11)20/h2-7,9-10,23H,8H2,1H3,(H,21,22,24). The predicted octanol–water partition coefficient (Wildman–Crippen LogP) is 4.66. The summed E-state index contributed by atoms with van der Waals surface area (Å²) in [6.45, 7) is 0. The van der Waals surface area contributed by atoms with Crippen molar-refractivity contribution < 1.29 is 13.2 Å². The summed E-state index contributed by atoms with van der Waals surface area (Å²) in [5, 5.41) is 4.29. The minimum Gasteiger partial charge on any atom is -0.298 e. The number of rotatable bonds is 6. The van der Waals surface area contributed by atoms with Crippen molar-refractivity contribution in [2.75, 3.05) is 16.3 Å². The van der Waals surface area contributed by atoms with Gasteiger partial charge in [0.25, 0.3) is 5.91 Å². The van der Waals surface area contributed by atoms with Crippen LogP contribution in [0.25, 0.3) is 0 Å². The van der Waals surface area contributed by atoms with Crippen molar-refractivity contribution in [2.45, 2.75) is 6.42 Å². The number of amides is 1. The molecule has 1 aromatic heterocycles. The number of hydrogen-bond acceptors (Lipinski definition) is 5. The van der Waals surface area contributed by atoms with E-state index in [0.717, 1.165) is 16.7 Å². The molecule has 0 fully saturated rings. The molecule has 2 aromatic carbocycles. The van der Waals surface area contributed by atoms with Gasteiger partial charge in [-0.2, -0.15) is 0 Å². The molecule has 6 nitrogen and oxygen atoms in total. The van der Waals surface area contributed by atoms with Crippen LogP contribution in [0.4, 0.5) is 10.8 Å². The Morgan fingerprint density at radius 2 is 1.96 bits per heavy atom. The Hall–Kier alpha value is -2.13. The monoisotopic (exact) mass is 455 g/mol. The Balaban J connectivity index is 1.69. The van der Waals surface area contributed by atoms with Crippen LogP contribution in [-0.4, -0.2) is 25.6 Å². The van der Waals surface area contributed by atoms with E-state index in [9.17, 15) is 13.2 Å². The van der Waals surface area contributed by atoms with Crippen LogP contribution in [-0.2, 0) is 16.4 Å². The molecule has 0 aliphatic rings. The first-order valence-corrected chi connectivity index (χ1v) is 11.4. The van der Waals surface area contributed by atoms with Crippen molar-refractivity contribution in [2.24, 2.45) is 0 Å². The lowest BCUT2D eigenvalue weighted by molar-refractivity contribution is 0.102. The number of aromatic nitrogens is 1. The molecule has 0 saturated carbocycles. The van der Waals surface area contributed by atoms with Crippen molar-refractivity contribution in [1.82, 2.24) is 4.98 Å². The van der Waals surface area contributed by atoms with E-state index in [1.54, 1.807) is 36.5 Å². The van der Waals surface area contributed by atoms with Crippen LogP contribution in [0.1, 0.15) is 20.8 Å². The summed E-state index contributed by atoms with van der Waals surface area (Å²) >= 11 is 13.4. The second kappa shape index (κ2) is 8.48. The lowest BCUT2D eigenvalue weighted by Crippen LogP contribution is -2.13. The number of hydrogen-bond donors (Lipinski definition) is 2. The molecule has 0 aliphatic heterocycles. The largest absolute Gasteiger partial charge is 0.298 e. The summed E-state index contributed by atoms with van der Waals surface area (Å²) < 4.78 is 25.0. The van der Waals surface area contributed by atoms with Gasteiger partial charge in [-0.3, -0.25) is 14.8 Å². The van der Waals surface area contributed by atoms with Crippen LogP contribution >= 0.6 is 34.5 Å². The summed E-state index contributed by atoms with van der Waals surface area (Å²) in [5.74, 6) is -0.387. The molecular formula is C18H15Cl2N3O3S2. The smallest absolute Gasteiger partial charge is 0.257 e. The number of nitrogens with zero attached hydrogens (tertiary/aromatic N) is 1. The number of benzene rings is 2. The maximum Gasteiger partial charge on any atom is 0.257 e. The molecular weight excluding hydrogens is 441 g/mol. The zero-order valence-corrected chi connectivity index (χ0v) is 17.7. The van der Waals surface area contributed by atoms with Gasteiger partial charge < -0.3 is 0 Å². The SMILES string of the molecule is CS(=O)(=O)Nc1cccc(C(=O)Nc2ncc(Cc3ccc(Cl)cc3Cl)s2)c1. The molecule has 0 spiro atoms. The molecule has 2 N–H and O–H groups in total. The van der Waals surface area contributed by atoms with Crippen LogP contribution in [0.5, 0.6) is 0 Å². The lowest BCUT2D eigenvalue weighted by Gasteiger charge is -2.06. The summed E-state index contributed by atoms with van der Waals surface area (Å²) in [6.07, 6.45) is 3.29. The van der Waals surface area contributed by atoms with Gasteiger partial charge in [0.05, 0.1) is 6.26 Å². The minimum absolute atomic E-state index is 0.311. The molecule has 0 aliphatic carbocycles. The van der Waals surface area contributed by atoms with Crippen LogP contribution < -0.4 is 10.0 Å². The van der Waals surface area contributed by atoms with E-state index in [-0.39, 0.29) is 5.91 Å². The van der Waals surface area contributed by atoms with Gasteiger partial charge in [-0.05, 0) is 35.9 Å². The fourth-order valence-electron chi connectivity index (χ4n) is 2.41. The van der Waals surface area contributed by atoms with Gasteiger partial charge in [-0.1, -0.05) is 35.3 Å². The molecule has 146 valence electrons. The van der Waals surface area contributed by atoms with Gasteiger partial charge in [-0.25, -0.2) is 13.4 Å². The van der Waals surface area contributed by atoms with Crippen LogP contribution in [0.3, 0.4) is 0 Å². The molecule has 0 unspecified atom stereocenters. The zero-order chi connectivity index (χ0) is 20.3. The highest BCUT2D eigenvalue weighted by Gasteiger charge is 2.12. The fraction of sp³-hybridized carbons (Fsp3) is 0.111. The number of sulfonamides is 1. The Morgan fingerprint density at radius 1 is 1.18 bits per heavy atom. The van der Waals surface area contributed by atoms with Gasteiger partial charge in [0.1, 0.15) is 0 Å². The average molecular weight is 456 g/mol. The molecule has 1 heterocycles. The third-order valence-corrected chi connectivity index (χ3v) is 5.69. The van der Waals surface area contributed by atoms with E-state index in [2.05, 4.69) is 15.0 Å². The van der Waals surface area contributed by atoms with E-state index in [1.807, 2.05) is 6.07 Å². The number of carbonyl (C=O) groups excluding carboxylic acids is 1. The number of thiazole rings is 1. The Morgan fingerprint density at radius 3 is 2.68 bits per heavy atom. The van der Waals surface area contributed by atoms with Gasteiger partial charge in [0.15, 0.2) is 5.13 Å². The summed E-state index contributed by atoms with van der Waals surface area (Å²) in [5.41, 5.74) is 1.53. The summed E-state index contributed by atoms with van der Waals surface area (Å²) in [4.78, 5) is 17.6. The number of anilines is 2. The predicted molar refractivity (Wildman–Crippen MR) is 114 cm³/mol. The average Bonchev–Trinajstić information content (AvgIpc) is 3.03. The van der Waals surface area contributed by atoms with E-state index in [0.29, 0.717) is 32.8 Å². The highest BCUT2D eigenvalue weighted by molar-refractivity contribution is 7.92. The van der Waals surface area contributed by atoms with E-state index < -0.39 is 10.0 Å². The number of halogens is 2. The van der Waals surface area contributed by atoms with Crippen LogP contribution in [0, 0.1) is 0 Å². The highest BCUT2D eigenvalue weighted by atomic mass is 35.5. The van der Waals surface area contributed by atoms with Crippen molar-refractivity contribution in [3.8, 4) is 0 Å². The van der Waals surface area contributed by atoms with Crippen LogP contribution in [0.15, 0.2) is 48.7 Å². The summed E-state index contributed by atoms with van der Waals surface area (Å²) in [6, 6.07) is 11.5. The third kappa shape index (κ3) is 5.68. The molecule has 28 heavy (non-hydrogen) atoms. The number of carbonyl (C=O) groups is 1. The molecule has 0 saturated heterocycles. The van der Waals surface area contributed by atoms with E-state index in [4.69, 9.17) is 23.2 Å². The van der Waals surface area contributed by atoms with Crippen molar-refractivity contribution in [3.05, 3.63) is 74.7 Å². The maximum atomic E-state index is 12.4. The quantitative estimate of drug-likeness (QED) is 0.565. The van der Waals surface area contributed by atoms with Gasteiger partial charge in [0, 0.05) is 38.8 Å². The second-order valence-electron chi connectivity index (χ2n) is 5.95. The Labute approximate surface area is 176 Å². The van der Waals surface area contributed by atoms with E-state index in [1.165, 1.54) is 17.4 Å². The molecule has 3 rings (SSSR count). The van der Waals surface area contributed by atoms with Gasteiger partial charge >= 0.3 is 0 Å².